The summed E-state index contributed by atoms with van der Waals surface area (Å²) >= 11 is 0. The van der Waals surface area contributed by atoms with Gasteiger partial charge < -0.3 is 49.3 Å². The van der Waals surface area contributed by atoms with E-state index in [1.165, 1.54) is 21.3 Å². The van der Waals surface area contributed by atoms with E-state index in [1.54, 1.807) is 6.92 Å². The average Bonchev–Trinajstić information content (AvgIpc) is 3.70. The van der Waals surface area contributed by atoms with Crippen LogP contribution in [0.3, 0.4) is 0 Å². The Kier molecular flexibility index (Phi) is 10.4. The zero-order chi connectivity index (χ0) is 42.9. The molecule has 16 heteroatoms. The van der Waals surface area contributed by atoms with Gasteiger partial charge in [0.1, 0.15) is 36.1 Å². The van der Waals surface area contributed by atoms with Crippen LogP contribution in [0.15, 0.2) is 48.7 Å². The molecule has 2 saturated heterocycles. The van der Waals surface area contributed by atoms with E-state index >= 15 is 0 Å². The Bertz CT molecular complexity index is 2550. The summed E-state index contributed by atoms with van der Waals surface area (Å²) in [5.74, 6) is 2.36. The lowest BCUT2D eigenvalue weighted by molar-refractivity contribution is -0.138. The maximum atomic E-state index is 14.0. The van der Waals surface area contributed by atoms with Crippen molar-refractivity contribution in [3.63, 3.8) is 0 Å². The number of methoxy groups -OCH3 is 3. The number of carbonyl (C=O) groups is 4. The van der Waals surface area contributed by atoms with Gasteiger partial charge in [-0.25, -0.2) is 19.6 Å². The summed E-state index contributed by atoms with van der Waals surface area (Å²) in [6.07, 6.45) is 2.51. The fourth-order valence-corrected chi connectivity index (χ4v) is 9.68. The summed E-state index contributed by atoms with van der Waals surface area (Å²) in [6, 6.07) is 12.4. The number of carbonyl (C=O) groups excluding carboxylic acids is 4. The summed E-state index contributed by atoms with van der Waals surface area (Å²) in [5.41, 5.74) is 6.57. The number of benzene rings is 3. The molecule has 5 heterocycles. The number of aromatic nitrogens is 4. The second kappa shape index (κ2) is 15.7. The zero-order valence-corrected chi connectivity index (χ0v) is 35.4. The highest BCUT2D eigenvalue weighted by molar-refractivity contribution is 6.07. The molecule has 320 valence electrons. The minimum atomic E-state index is -0.901. The number of nitrogens with one attached hydrogen (secondary N) is 4. The molecule has 0 bridgehead atoms. The van der Waals surface area contributed by atoms with E-state index in [4.69, 9.17) is 28.9 Å². The smallest absolute Gasteiger partial charge is 0.407 e. The molecule has 3 aliphatic heterocycles. The summed E-state index contributed by atoms with van der Waals surface area (Å²) in [6.45, 7) is 8.56. The normalized spacial score (nSPS) is 22.9. The first kappa shape index (κ1) is 40.3. The van der Waals surface area contributed by atoms with E-state index in [9.17, 15) is 19.2 Å². The van der Waals surface area contributed by atoms with Crippen LogP contribution >= 0.6 is 0 Å². The number of amides is 4. The van der Waals surface area contributed by atoms with Gasteiger partial charge >= 0.3 is 12.2 Å². The molecule has 3 fully saturated rings. The van der Waals surface area contributed by atoms with Crippen LogP contribution in [0, 0.1) is 17.8 Å². The molecule has 61 heavy (non-hydrogen) atoms. The molecule has 8 atom stereocenters. The molecular formula is C45H52N8O8. The Morgan fingerprint density at radius 3 is 2.39 bits per heavy atom. The molecule has 4 N–H and O–H groups in total. The molecule has 9 rings (SSSR count). The maximum absolute atomic E-state index is 14.0. The highest BCUT2D eigenvalue weighted by Gasteiger charge is 2.56. The number of imidazole rings is 2. The third kappa shape index (κ3) is 7.09. The summed E-state index contributed by atoms with van der Waals surface area (Å²) in [5, 5.41) is 7.39. The second-order valence-electron chi connectivity index (χ2n) is 17.2. The molecule has 1 saturated carbocycles. The van der Waals surface area contributed by atoms with Gasteiger partial charge in [0, 0.05) is 30.6 Å². The molecule has 0 spiro atoms. The lowest BCUT2D eigenvalue weighted by Gasteiger charge is -2.32. The molecule has 0 unspecified atom stereocenters. The van der Waals surface area contributed by atoms with Crippen LogP contribution in [-0.2, 0) is 30.4 Å². The Hall–Kier alpha value is -6.16. The largest absolute Gasteiger partial charge is 0.488 e. The number of alkyl carbamates (subject to hydrolysis) is 2. The lowest BCUT2D eigenvalue weighted by Crippen LogP contribution is -2.54. The molecule has 1 aliphatic carbocycles. The van der Waals surface area contributed by atoms with Crippen molar-refractivity contribution in [2.45, 2.75) is 89.9 Å². The van der Waals surface area contributed by atoms with Gasteiger partial charge in [0.15, 0.2) is 0 Å². The Labute approximate surface area is 353 Å². The molecule has 16 nitrogen and oxygen atoms in total. The lowest BCUT2D eigenvalue weighted by atomic mass is 9.92. The Balaban J connectivity index is 0.968. The van der Waals surface area contributed by atoms with Gasteiger partial charge in [0.2, 0.25) is 11.8 Å². The van der Waals surface area contributed by atoms with Gasteiger partial charge in [0.25, 0.3) is 0 Å². The van der Waals surface area contributed by atoms with E-state index in [0.29, 0.717) is 36.6 Å². The molecule has 2 aromatic heterocycles. The van der Waals surface area contributed by atoms with Crippen LogP contribution in [-0.4, -0.2) is 106 Å². The van der Waals surface area contributed by atoms with E-state index in [0.717, 1.165) is 74.8 Å². The van der Waals surface area contributed by atoms with Crippen molar-refractivity contribution in [2.24, 2.45) is 17.8 Å². The van der Waals surface area contributed by atoms with Crippen molar-refractivity contribution in [3.8, 4) is 28.1 Å². The number of piperidine rings is 1. The monoisotopic (exact) mass is 832 g/mol. The number of fused-ring (bicyclic) bond motifs is 7. The predicted octanol–water partition coefficient (Wildman–Crippen LogP) is 6.38. The van der Waals surface area contributed by atoms with Crippen molar-refractivity contribution in [3.05, 3.63) is 65.9 Å². The molecule has 0 radical (unpaired) electrons. The van der Waals surface area contributed by atoms with Crippen LogP contribution in [0.2, 0.25) is 0 Å². The molecule has 3 aromatic carbocycles. The topological polar surface area (TPSA) is 193 Å². The van der Waals surface area contributed by atoms with E-state index in [2.05, 4.69) is 57.0 Å². The number of likely N-dealkylation sites (tertiary alicyclic amines) is 2. The Morgan fingerprint density at radius 2 is 1.66 bits per heavy atom. The molecular weight excluding hydrogens is 781 g/mol. The van der Waals surface area contributed by atoms with E-state index in [1.807, 2.05) is 42.8 Å². The van der Waals surface area contributed by atoms with Crippen molar-refractivity contribution in [1.82, 2.24) is 40.4 Å². The SMILES string of the molecule is COC(=O)N[C@H](C(=O)N1[C@@H](C)CC[C@H]1c1nc2ccc3cc4c(cc3c2[nH]1)OCc1cc(-c2cnc([C@@H]3[C@@H]5C[C@@H]5CN3C(=O)[C@@H](NC(=O)OC)[C@@H](C)OC)[nH]2)ccc1-4)C(C)C. The van der Waals surface area contributed by atoms with Gasteiger partial charge in [-0.3, -0.25) is 9.59 Å². The second-order valence-corrected chi connectivity index (χ2v) is 17.2. The molecule has 4 amide bonds. The number of hydrogen-bond donors (Lipinski definition) is 4. The van der Waals surface area contributed by atoms with Crippen LogP contribution in [0.1, 0.15) is 76.3 Å². The number of hydrogen-bond acceptors (Lipinski definition) is 10. The first-order chi connectivity index (χ1) is 29.4. The summed E-state index contributed by atoms with van der Waals surface area (Å²) in [4.78, 5) is 72.7. The fraction of sp³-hybridized carbons (Fsp3) is 0.467. The predicted molar refractivity (Wildman–Crippen MR) is 225 cm³/mol. The summed E-state index contributed by atoms with van der Waals surface area (Å²) < 4.78 is 21.5. The third-order valence-corrected chi connectivity index (χ3v) is 13.2. The van der Waals surface area contributed by atoms with Crippen LogP contribution in [0.5, 0.6) is 5.75 Å². The molecule has 5 aromatic rings. The van der Waals surface area contributed by atoms with Crippen molar-refractivity contribution in [2.75, 3.05) is 27.9 Å². The minimum absolute atomic E-state index is 0.0279. The number of aromatic amines is 2. The highest BCUT2D eigenvalue weighted by Crippen LogP contribution is 2.56. The van der Waals surface area contributed by atoms with Gasteiger partial charge in [-0.2, -0.15) is 0 Å². The average molecular weight is 833 g/mol. The third-order valence-electron chi connectivity index (χ3n) is 13.2. The van der Waals surface area contributed by atoms with Crippen LogP contribution in [0.25, 0.3) is 44.2 Å². The van der Waals surface area contributed by atoms with Gasteiger partial charge in [0.05, 0.1) is 55.3 Å². The van der Waals surface area contributed by atoms with Crippen LogP contribution < -0.4 is 15.4 Å². The van der Waals surface area contributed by atoms with Gasteiger partial charge in [-0.1, -0.05) is 32.0 Å². The zero-order valence-electron chi connectivity index (χ0n) is 35.4. The first-order valence-corrected chi connectivity index (χ1v) is 21.0. The number of ether oxygens (including phenoxy) is 4. The number of nitrogens with zero attached hydrogens (tertiary/aromatic N) is 4. The summed E-state index contributed by atoms with van der Waals surface area (Å²) in [7, 11) is 4.07. The van der Waals surface area contributed by atoms with Gasteiger partial charge in [-0.05, 0) is 97.2 Å². The van der Waals surface area contributed by atoms with Crippen LogP contribution in [0.4, 0.5) is 9.59 Å². The number of H-pyrrole nitrogens is 2. The van der Waals surface area contributed by atoms with E-state index in [-0.39, 0.29) is 35.9 Å². The van der Waals surface area contributed by atoms with E-state index < -0.39 is 30.4 Å². The molecule has 4 aliphatic rings. The minimum Gasteiger partial charge on any atom is -0.488 e. The fourth-order valence-electron chi connectivity index (χ4n) is 9.68. The van der Waals surface area contributed by atoms with Gasteiger partial charge in [-0.15, -0.1) is 0 Å². The first-order valence-electron chi connectivity index (χ1n) is 21.0. The standard InChI is InChI=1S/C45H52N8O8/c1-21(2)36(50-44(56)59-6)43(55)53-22(3)8-13-34(53)40-47-32-12-10-24-15-31-28-11-9-25(14-27(28)20-61-35(31)17-29(24)38(32)49-40)33-18-46-41(48-33)39-30-16-26(30)19-52(39)42(54)37(23(4)58-5)51-45(57)60-7/h9-12,14-15,17-18,21-23,26,30,34,36-37,39H,8,13,16,19-20H2,1-7H3,(H,46,48)(H,47,49)(H,50,56)(H,51,57)/t22-,23+,26+,30+,34-,36-,37-,39-/m0/s1. The number of rotatable bonds is 10. The van der Waals surface area contributed by atoms with Crippen molar-refractivity contribution >= 4 is 45.8 Å². The Morgan fingerprint density at radius 1 is 0.885 bits per heavy atom. The maximum Gasteiger partial charge on any atom is 0.407 e. The highest BCUT2D eigenvalue weighted by atomic mass is 16.5. The van der Waals surface area contributed by atoms with Crippen molar-refractivity contribution in [1.29, 1.82) is 0 Å². The quantitative estimate of drug-likeness (QED) is 0.123. The van der Waals surface area contributed by atoms with Crippen molar-refractivity contribution < 1.29 is 38.1 Å².